The quantitative estimate of drug-likeness (QED) is 0.361. The lowest BCUT2D eigenvalue weighted by Gasteiger charge is -2.06. The molecule has 1 N–H and O–H groups in total. The van der Waals surface area contributed by atoms with E-state index in [2.05, 4.69) is 26.7 Å². The van der Waals surface area contributed by atoms with E-state index < -0.39 is 0 Å². The van der Waals surface area contributed by atoms with Gasteiger partial charge in [0.2, 0.25) is 0 Å². The lowest BCUT2D eigenvalue weighted by atomic mass is 9.99. The normalized spacial score (nSPS) is 6.56. The average Bonchev–Trinajstić information content (AvgIpc) is 2.69. The van der Waals surface area contributed by atoms with Gasteiger partial charge < -0.3 is 14.7 Å². The number of hydrogen-bond donors (Lipinski definition) is 1. The molecule has 0 saturated carbocycles. The zero-order chi connectivity index (χ0) is 19.5. The molecule has 1 unspecified atom stereocenters. The van der Waals surface area contributed by atoms with Gasteiger partial charge in [-0.3, -0.25) is 4.79 Å². The second kappa shape index (κ2) is 75.8. The fourth-order valence-electron chi connectivity index (χ4n) is 1.06. The second-order valence-corrected chi connectivity index (χ2v) is 3.09. The van der Waals surface area contributed by atoms with E-state index in [0.29, 0.717) is 18.6 Å². The highest BCUT2D eigenvalue weighted by Gasteiger charge is 2.01. The van der Waals surface area contributed by atoms with E-state index in [0.717, 1.165) is 13.4 Å². The van der Waals surface area contributed by atoms with E-state index in [1.807, 2.05) is 51.0 Å². The predicted octanol–water partition coefficient (Wildman–Crippen LogP) is 6.55. The Labute approximate surface area is 171 Å². The molecule has 0 heterocycles. The van der Waals surface area contributed by atoms with Gasteiger partial charge in [-0.05, 0) is 17.6 Å². The third kappa shape index (κ3) is 59.5. The van der Waals surface area contributed by atoms with Crippen molar-refractivity contribution < 1.29 is 19.5 Å². The molecule has 0 aliphatic heterocycles. The van der Waals surface area contributed by atoms with Gasteiger partial charge in [-0.1, -0.05) is 87.4 Å². The number of aliphatic hydroxyl groups excluding tert-OH is 1. The summed E-state index contributed by atoms with van der Waals surface area (Å²) in [6, 6.07) is 10.1. The molecule has 1 aromatic rings. The third-order valence-corrected chi connectivity index (χ3v) is 1.91. The smallest absolute Gasteiger partial charge is 0.142 e. The van der Waals surface area contributed by atoms with Crippen molar-refractivity contribution in [3.05, 3.63) is 61.7 Å². The van der Waals surface area contributed by atoms with Gasteiger partial charge >= 0.3 is 0 Å². The summed E-state index contributed by atoms with van der Waals surface area (Å²) in [7, 11) is 1.00. The van der Waals surface area contributed by atoms with Gasteiger partial charge in [-0.15, -0.1) is 13.2 Å². The van der Waals surface area contributed by atoms with Crippen LogP contribution in [0.2, 0.25) is 0 Å². The molecule has 27 heavy (non-hydrogen) atoms. The van der Waals surface area contributed by atoms with E-state index in [9.17, 15) is 4.79 Å². The molecule has 4 nitrogen and oxygen atoms in total. The van der Waals surface area contributed by atoms with Crippen molar-refractivity contribution in [1.82, 2.24) is 0 Å². The molecule has 0 aliphatic rings. The minimum atomic E-state index is 0. The summed E-state index contributed by atoms with van der Waals surface area (Å²) in [4.78, 5) is 27.2. The zero-order valence-corrected chi connectivity index (χ0v) is 14.9. The number of benzene rings is 1. The van der Waals surface area contributed by atoms with Gasteiger partial charge in [0.05, 0.1) is 0 Å². The highest BCUT2D eigenvalue weighted by molar-refractivity contribution is 5.63. The minimum absolute atomic E-state index is 0. The number of hydrogen-bond acceptors (Lipinski definition) is 4. The Hall–Kier alpha value is -2.33. The Morgan fingerprint density at radius 1 is 0.926 bits per heavy atom. The summed E-state index contributed by atoms with van der Waals surface area (Å²) in [6.45, 7) is 17.2. The summed E-state index contributed by atoms with van der Waals surface area (Å²) in [5.41, 5.74) is 1.24. The van der Waals surface area contributed by atoms with Crippen molar-refractivity contribution in [2.24, 2.45) is 0 Å². The van der Waals surface area contributed by atoms with E-state index in [-0.39, 0.29) is 29.7 Å². The van der Waals surface area contributed by atoms with E-state index in [1.54, 1.807) is 0 Å². The van der Waals surface area contributed by atoms with Gasteiger partial charge in [0.25, 0.3) is 0 Å². The van der Waals surface area contributed by atoms with E-state index in [1.165, 1.54) is 11.6 Å². The summed E-state index contributed by atoms with van der Waals surface area (Å²) >= 11 is 0. The molecule has 1 aromatic carbocycles. The Morgan fingerprint density at radius 2 is 1.22 bits per heavy atom. The summed E-state index contributed by atoms with van der Waals surface area (Å²) in [5.74, 6) is 0.355. The summed E-state index contributed by atoms with van der Waals surface area (Å²) < 4.78 is 0. The van der Waals surface area contributed by atoms with E-state index in [4.69, 9.17) is 14.7 Å². The predicted molar refractivity (Wildman–Crippen MR) is 127 cm³/mol. The largest absolute Gasteiger partial charge is 0.400 e. The van der Waals surface area contributed by atoms with Crippen LogP contribution in [0.25, 0.3) is 0 Å². The van der Waals surface area contributed by atoms with Gasteiger partial charge in [0.15, 0.2) is 0 Å². The Bertz CT molecular complexity index is 316. The number of carbonyl (C=O) groups excluding carboxylic acids is 3. The van der Waals surface area contributed by atoms with Crippen LogP contribution in [0.3, 0.4) is 0 Å². The first-order chi connectivity index (χ1) is 11.3. The van der Waals surface area contributed by atoms with Crippen molar-refractivity contribution in [3.8, 4) is 0 Å². The van der Waals surface area contributed by atoms with Crippen molar-refractivity contribution in [2.45, 2.75) is 62.8 Å². The number of aldehydes is 2. The van der Waals surface area contributed by atoms with Crippen molar-refractivity contribution in [1.29, 1.82) is 0 Å². The molecule has 0 aliphatic carbocycles. The van der Waals surface area contributed by atoms with Crippen LogP contribution in [0.4, 0.5) is 0 Å². The molecule has 0 fully saturated rings. The van der Waals surface area contributed by atoms with Crippen LogP contribution in [-0.2, 0) is 14.4 Å². The maximum Gasteiger partial charge on any atom is 0.142 e. The number of allylic oxidation sites excluding steroid dienone is 1. The molecule has 164 valence electrons. The van der Waals surface area contributed by atoms with Crippen LogP contribution < -0.4 is 0 Å². The molecule has 1 atom stereocenters. The maximum absolute atomic E-state index is 10.2. The molecule has 0 radical (unpaired) electrons. The Balaban J connectivity index is -0.0000000251. The van der Waals surface area contributed by atoms with Crippen LogP contribution in [-0.4, -0.2) is 31.6 Å². The average molecular weight is 389 g/mol. The monoisotopic (exact) mass is 388 g/mol. The molecule has 0 amide bonds. The van der Waals surface area contributed by atoms with Crippen molar-refractivity contribution in [3.63, 3.8) is 0 Å². The fourth-order valence-corrected chi connectivity index (χ4v) is 1.06. The lowest BCUT2D eigenvalue weighted by Crippen LogP contribution is -1.92. The second-order valence-electron chi connectivity index (χ2n) is 3.09. The first kappa shape index (κ1) is 56.3. The third-order valence-electron chi connectivity index (χ3n) is 1.91. The maximum atomic E-state index is 10.2. The van der Waals surface area contributed by atoms with Gasteiger partial charge in [0.1, 0.15) is 19.4 Å². The van der Waals surface area contributed by atoms with Gasteiger partial charge in [-0.25, -0.2) is 0 Å². The van der Waals surface area contributed by atoms with Crippen LogP contribution >= 0.6 is 0 Å². The highest BCUT2D eigenvalue weighted by Crippen LogP contribution is 2.16. The van der Waals surface area contributed by atoms with E-state index >= 15 is 0 Å². The molecule has 0 spiro atoms. The number of aliphatic hydroxyl groups is 1. The van der Waals surface area contributed by atoms with Crippen molar-refractivity contribution >= 4 is 19.4 Å². The fraction of sp³-hybridized carbons (Fsp3) is 0.435. The molecule has 0 aromatic heterocycles. The zero-order valence-electron chi connectivity index (χ0n) is 14.9. The lowest BCUT2D eigenvalue weighted by molar-refractivity contribution is -0.108. The summed E-state index contributed by atoms with van der Waals surface area (Å²) in [5, 5.41) is 7.00. The van der Waals surface area contributed by atoms with Crippen LogP contribution in [0.15, 0.2) is 56.1 Å². The molecule has 0 bridgehead atoms. The van der Waals surface area contributed by atoms with Gasteiger partial charge in [0, 0.05) is 13.5 Å². The van der Waals surface area contributed by atoms with Gasteiger partial charge in [-0.2, -0.15) is 0 Å². The Morgan fingerprint density at radius 3 is 1.44 bits per heavy atom. The minimum Gasteiger partial charge on any atom is -0.400 e. The highest BCUT2D eigenvalue weighted by atomic mass is 16.2. The number of rotatable bonds is 4. The topological polar surface area (TPSA) is 71.4 Å². The first-order valence-electron chi connectivity index (χ1n) is 7.04. The summed E-state index contributed by atoms with van der Waals surface area (Å²) in [6.07, 6.45) is 3.42. The molecule has 0 saturated heterocycles. The SMILES string of the molecule is C.C.C.C.C=C.C=CC=O.C=O.CC.CC(CC=O)c1ccccc1.CO. The Kier molecular flexibility index (Phi) is 158. The molecule has 1 rings (SSSR count). The number of carbonyl (C=O) groups is 3. The van der Waals surface area contributed by atoms with Crippen LogP contribution in [0, 0.1) is 0 Å². The van der Waals surface area contributed by atoms with Crippen LogP contribution in [0.1, 0.15) is 68.4 Å². The van der Waals surface area contributed by atoms with Crippen LogP contribution in [0.5, 0.6) is 0 Å². The standard InChI is InChI=1S/C10H12O.C3H4O.C2H6.C2H4.CH4O.CH2O.4CH4/c1-9(7-8-11)10-5-3-2-4-6-10;1-2-3-4;4*1-2;;;;/h2-6,8-9H,7H2,1H3;2-3H,1H2;1-2H3;1-2H2;2H,1H3;1H2;4*1H4. The van der Waals surface area contributed by atoms with Crippen molar-refractivity contribution in [2.75, 3.05) is 7.11 Å². The molecular formula is C23H48O4. The molecule has 4 heteroatoms. The first-order valence-corrected chi connectivity index (χ1v) is 7.04. The molecular weight excluding hydrogens is 340 g/mol.